The van der Waals surface area contributed by atoms with Crippen molar-refractivity contribution in [3.05, 3.63) is 0 Å². The largest absolute Gasteiger partial charge is 0.481 e. The van der Waals surface area contributed by atoms with Crippen LogP contribution in [-0.2, 0) is 14.4 Å². The lowest BCUT2D eigenvalue weighted by molar-refractivity contribution is -0.150. The van der Waals surface area contributed by atoms with Crippen LogP contribution in [0.3, 0.4) is 0 Å². The van der Waals surface area contributed by atoms with Crippen LogP contribution in [0.25, 0.3) is 0 Å². The zero-order valence-electron chi connectivity index (χ0n) is 6.74. The topological polar surface area (TPSA) is 71.4 Å². The molecule has 0 unspecified atom stereocenters. The predicted molar refractivity (Wildman–Crippen MR) is 39.5 cm³/mol. The van der Waals surface area contributed by atoms with Crippen LogP contribution < -0.4 is 0 Å². The molecule has 12 heavy (non-hydrogen) atoms. The molecule has 0 bridgehead atoms. The molecule has 1 saturated carbocycles. The normalized spacial score (nSPS) is 30.4. The lowest BCUT2D eigenvalue weighted by Crippen LogP contribution is -2.34. The number of Topliss-reactive ketones (excluding diaryl/α,β-unsaturated/α-hetero) is 2. The van der Waals surface area contributed by atoms with Gasteiger partial charge in [0.1, 0.15) is 11.6 Å². The second-order valence-electron chi connectivity index (χ2n) is 3.10. The Labute approximate surface area is 69.6 Å². The first-order valence-electron chi connectivity index (χ1n) is 3.80. The van der Waals surface area contributed by atoms with Crippen LogP contribution in [-0.4, -0.2) is 22.6 Å². The summed E-state index contributed by atoms with van der Waals surface area (Å²) in [4.78, 5) is 32.5. The minimum atomic E-state index is -1.05. The van der Waals surface area contributed by atoms with Gasteiger partial charge in [-0.1, -0.05) is 0 Å². The van der Waals surface area contributed by atoms with Crippen LogP contribution in [0.1, 0.15) is 19.8 Å². The van der Waals surface area contributed by atoms with Crippen LogP contribution in [0, 0.1) is 11.8 Å². The first-order chi connectivity index (χ1) is 5.52. The highest BCUT2D eigenvalue weighted by atomic mass is 16.4. The van der Waals surface area contributed by atoms with Gasteiger partial charge in [-0.05, 0) is 6.92 Å². The van der Waals surface area contributed by atoms with Crippen molar-refractivity contribution in [3.63, 3.8) is 0 Å². The second kappa shape index (κ2) is 3.05. The van der Waals surface area contributed by atoms with Gasteiger partial charge in [0.15, 0.2) is 0 Å². The Hall–Kier alpha value is -1.19. The van der Waals surface area contributed by atoms with E-state index in [4.69, 9.17) is 5.11 Å². The highest BCUT2D eigenvalue weighted by molar-refractivity contribution is 6.06. The molecule has 0 aromatic carbocycles. The maximum absolute atomic E-state index is 11.0. The van der Waals surface area contributed by atoms with Gasteiger partial charge in [-0.25, -0.2) is 0 Å². The molecule has 0 heterocycles. The van der Waals surface area contributed by atoms with E-state index in [1.165, 1.54) is 6.92 Å². The van der Waals surface area contributed by atoms with Crippen LogP contribution in [0.4, 0.5) is 0 Å². The van der Waals surface area contributed by atoms with Gasteiger partial charge in [-0.15, -0.1) is 0 Å². The first-order valence-corrected chi connectivity index (χ1v) is 3.80. The molecule has 1 aliphatic rings. The highest BCUT2D eigenvalue weighted by Crippen LogP contribution is 2.22. The molecule has 0 atom stereocenters. The molecule has 4 nitrogen and oxygen atoms in total. The number of carboxylic acids is 1. The van der Waals surface area contributed by atoms with Crippen molar-refractivity contribution in [3.8, 4) is 0 Å². The lowest BCUT2D eigenvalue weighted by Gasteiger charge is -2.20. The van der Waals surface area contributed by atoms with Crippen molar-refractivity contribution >= 4 is 17.5 Å². The molecule has 0 aromatic rings. The summed E-state index contributed by atoms with van der Waals surface area (Å²) >= 11 is 0. The summed E-state index contributed by atoms with van der Waals surface area (Å²) in [5, 5.41) is 8.56. The SMILES string of the molecule is CC1C(=O)CC(C(=O)O)CC1=O. The van der Waals surface area contributed by atoms with Gasteiger partial charge in [0.05, 0.1) is 11.8 Å². The number of carbonyl (C=O) groups excluding carboxylic acids is 2. The molecule has 0 saturated heterocycles. The van der Waals surface area contributed by atoms with Gasteiger partial charge >= 0.3 is 5.97 Å². The van der Waals surface area contributed by atoms with Gasteiger partial charge in [0.25, 0.3) is 0 Å². The maximum Gasteiger partial charge on any atom is 0.307 e. The summed E-state index contributed by atoms with van der Waals surface area (Å²) < 4.78 is 0. The number of carboxylic acid groups (broad SMARTS) is 1. The van der Waals surface area contributed by atoms with Gasteiger partial charge in [0, 0.05) is 12.8 Å². The number of rotatable bonds is 1. The minimum Gasteiger partial charge on any atom is -0.481 e. The lowest BCUT2D eigenvalue weighted by atomic mass is 9.81. The summed E-state index contributed by atoms with van der Waals surface area (Å²) in [7, 11) is 0. The molecular weight excluding hydrogens is 160 g/mol. The Morgan fingerprint density at radius 2 is 1.75 bits per heavy atom. The molecule has 0 aromatic heterocycles. The number of hydrogen-bond donors (Lipinski definition) is 1. The monoisotopic (exact) mass is 170 g/mol. The molecule has 0 radical (unpaired) electrons. The number of ketones is 2. The summed E-state index contributed by atoms with van der Waals surface area (Å²) in [6.45, 7) is 1.53. The van der Waals surface area contributed by atoms with E-state index >= 15 is 0 Å². The van der Waals surface area contributed by atoms with E-state index in [-0.39, 0.29) is 24.4 Å². The van der Waals surface area contributed by atoms with Crippen molar-refractivity contribution in [1.82, 2.24) is 0 Å². The smallest absolute Gasteiger partial charge is 0.307 e. The van der Waals surface area contributed by atoms with Crippen molar-refractivity contribution < 1.29 is 19.5 Å². The van der Waals surface area contributed by atoms with Gasteiger partial charge in [-0.3, -0.25) is 14.4 Å². The van der Waals surface area contributed by atoms with Crippen molar-refractivity contribution in [2.45, 2.75) is 19.8 Å². The fraction of sp³-hybridized carbons (Fsp3) is 0.625. The molecule has 1 rings (SSSR count). The minimum absolute atomic E-state index is 0.00222. The Bertz CT molecular complexity index is 225. The zero-order chi connectivity index (χ0) is 9.30. The quantitative estimate of drug-likeness (QED) is 0.573. The predicted octanol–water partition coefficient (Wildman–Crippen LogP) is 0.255. The molecule has 66 valence electrons. The van der Waals surface area contributed by atoms with Crippen LogP contribution in [0.5, 0.6) is 0 Å². The molecule has 0 aliphatic heterocycles. The van der Waals surface area contributed by atoms with E-state index in [1.807, 2.05) is 0 Å². The Morgan fingerprint density at radius 3 is 2.08 bits per heavy atom. The van der Waals surface area contributed by atoms with Crippen LogP contribution >= 0.6 is 0 Å². The second-order valence-corrected chi connectivity index (χ2v) is 3.10. The average molecular weight is 170 g/mol. The third-order valence-electron chi connectivity index (χ3n) is 2.21. The summed E-state index contributed by atoms with van der Waals surface area (Å²) in [6.07, 6.45) is 0.00444. The molecular formula is C8H10O4. The molecule has 1 N–H and O–H groups in total. The van der Waals surface area contributed by atoms with E-state index in [0.717, 1.165) is 0 Å². The summed E-state index contributed by atoms with van der Waals surface area (Å²) in [6, 6.07) is 0. The fourth-order valence-electron chi connectivity index (χ4n) is 1.27. The van der Waals surface area contributed by atoms with Crippen molar-refractivity contribution in [2.24, 2.45) is 11.8 Å². The Kier molecular flexibility index (Phi) is 2.26. The molecule has 0 spiro atoms. The molecule has 4 heteroatoms. The fourth-order valence-corrected chi connectivity index (χ4v) is 1.27. The van der Waals surface area contributed by atoms with E-state index in [0.29, 0.717) is 0 Å². The third kappa shape index (κ3) is 1.52. The first kappa shape index (κ1) is 8.90. The van der Waals surface area contributed by atoms with Gasteiger partial charge in [0.2, 0.25) is 0 Å². The number of carbonyl (C=O) groups is 3. The number of hydrogen-bond acceptors (Lipinski definition) is 3. The van der Waals surface area contributed by atoms with E-state index in [9.17, 15) is 14.4 Å². The van der Waals surface area contributed by atoms with E-state index < -0.39 is 17.8 Å². The van der Waals surface area contributed by atoms with Crippen molar-refractivity contribution in [2.75, 3.05) is 0 Å². The molecule has 1 fully saturated rings. The van der Waals surface area contributed by atoms with Crippen molar-refractivity contribution in [1.29, 1.82) is 0 Å². The standard InChI is InChI=1S/C8H10O4/c1-4-6(9)2-5(8(11)12)3-7(4)10/h4-5H,2-3H2,1H3,(H,11,12). The number of aliphatic carboxylic acids is 1. The summed E-state index contributed by atoms with van der Waals surface area (Å²) in [5.74, 6) is -2.94. The maximum atomic E-state index is 11.0. The molecule has 1 aliphatic carbocycles. The summed E-state index contributed by atoms with van der Waals surface area (Å²) in [5.41, 5.74) is 0. The molecule has 0 amide bonds. The zero-order valence-corrected chi connectivity index (χ0v) is 6.74. The van der Waals surface area contributed by atoms with E-state index in [2.05, 4.69) is 0 Å². The Balaban J connectivity index is 2.72. The van der Waals surface area contributed by atoms with Crippen LogP contribution in [0.15, 0.2) is 0 Å². The van der Waals surface area contributed by atoms with Gasteiger partial charge < -0.3 is 5.11 Å². The third-order valence-corrected chi connectivity index (χ3v) is 2.21. The average Bonchev–Trinajstić information content (AvgIpc) is 1.99. The Morgan fingerprint density at radius 1 is 1.33 bits per heavy atom. The van der Waals surface area contributed by atoms with Gasteiger partial charge in [-0.2, -0.15) is 0 Å². The highest BCUT2D eigenvalue weighted by Gasteiger charge is 2.35. The van der Waals surface area contributed by atoms with Crippen LogP contribution in [0.2, 0.25) is 0 Å². The van der Waals surface area contributed by atoms with E-state index in [1.54, 1.807) is 0 Å².